The number of nitrogens with zero attached hydrogens (tertiary/aromatic N) is 1. The maximum atomic E-state index is 14.0. The first-order chi connectivity index (χ1) is 11.2. The lowest BCUT2D eigenvalue weighted by Gasteiger charge is -2.18. The molecule has 2 rings (SSSR count). The van der Waals surface area contributed by atoms with Crippen molar-refractivity contribution in [3.8, 4) is 11.6 Å². The summed E-state index contributed by atoms with van der Waals surface area (Å²) in [6, 6.07) is 6.16. The Morgan fingerprint density at radius 1 is 1.21 bits per heavy atom. The normalized spacial score (nSPS) is 11.2. The van der Waals surface area contributed by atoms with E-state index in [1.54, 1.807) is 32.9 Å². The van der Waals surface area contributed by atoms with Crippen molar-refractivity contribution < 1.29 is 18.3 Å². The highest BCUT2D eigenvalue weighted by molar-refractivity contribution is 5.81. The van der Waals surface area contributed by atoms with E-state index in [1.807, 2.05) is 0 Å². The predicted molar refractivity (Wildman–Crippen MR) is 86.7 cm³/mol. The molecule has 0 aliphatic rings. The molecular weight excluding hydrogens is 314 g/mol. The minimum Gasteiger partial charge on any atom is -0.435 e. The predicted octanol–water partition coefficient (Wildman–Crippen LogP) is 4.12. The lowest BCUT2D eigenvalue weighted by molar-refractivity contribution is -0.128. The van der Waals surface area contributed by atoms with Crippen LogP contribution < -0.4 is 10.1 Å². The Labute approximate surface area is 139 Å². The SMILES string of the molecule is Cc1ccc(Oc2ncccc2CNC(=O)C(C)(C)C)c(F)c1F. The summed E-state index contributed by atoms with van der Waals surface area (Å²) in [5.74, 6) is -2.28. The summed E-state index contributed by atoms with van der Waals surface area (Å²) >= 11 is 0. The number of carbonyl (C=O) groups is 1. The monoisotopic (exact) mass is 334 g/mol. The molecule has 1 N–H and O–H groups in total. The number of rotatable bonds is 4. The molecule has 0 unspecified atom stereocenters. The van der Waals surface area contributed by atoms with Gasteiger partial charge >= 0.3 is 0 Å². The van der Waals surface area contributed by atoms with Crippen LogP contribution in [-0.2, 0) is 11.3 Å². The Morgan fingerprint density at radius 3 is 2.58 bits per heavy atom. The topological polar surface area (TPSA) is 51.2 Å². The highest BCUT2D eigenvalue weighted by atomic mass is 19.2. The second kappa shape index (κ2) is 6.95. The van der Waals surface area contributed by atoms with E-state index in [0.29, 0.717) is 5.56 Å². The van der Waals surface area contributed by atoms with Gasteiger partial charge < -0.3 is 10.1 Å². The third-order valence-corrected chi connectivity index (χ3v) is 3.42. The van der Waals surface area contributed by atoms with E-state index in [9.17, 15) is 13.6 Å². The van der Waals surface area contributed by atoms with Crippen LogP contribution in [0.3, 0.4) is 0 Å². The third-order valence-electron chi connectivity index (χ3n) is 3.42. The van der Waals surface area contributed by atoms with Crippen molar-refractivity contribution in [2.24, 2.45) is 5.41 Å². The minimum atomic E-state index is -1.06. The summed E-state index contributed by atoms with van der Waals surface area (Å²) in [5, 5.41) is 2.77. The van der Waals surface area contributed by atoms with E-state index in [-0.39, 0.29) is 29.6 Å². The molecule has 0 aliphatic heterocycles. The van der Waals surface area contributed by atoms with Crippen LogP contribution in [0, 0.1) is 24.0 Å². The van der Waals surface area contributed by atoms with Gasteiger partial charge in [0.1, 0.15) is 0 Å². The Bertz CT molecular complexity index is 755. The lowest BCUT2D eigenvalue weighted by Crippen LogP contribution is -2.34. The van der Waals surface area contributed by atoms with Crippen LogP contribution in [0.15, 0.2) is 30.5 Å². The van der Waals surface area contributed by atoms with E-state index in [2.05, 4.69) is 10.3 Å². The molecule has 4 nitrogen and oxygen atoms in total. The van der Waals surface area contributed by atoms with Crippen molar-refractivity contribution in [1.29, 1.82) is 0 Å². The van der Waals surface area contributed by atoms with Gasteiger partial charge in [-0.25, -0.2) is 9.37 Å². The number of carbonyl (C=O) groups excluding carboxylic acids is 1. The summed E-state index contributed by atoms with van der Waals surface area (Å²) in [6.45, 7) is 7.04. The van der Waals surface area contributed by atoms with Crippen LogP contribution in [-0.4, -0.2) is 10.9 Å². The smallest absolute Gasteiger partial charge is 0.225 e. The number of amides is 1. The van der Waals surface area contributed by atoms with Gasteiger partial charge in [0.25, 0.3) is 0 Å². The maximum Gasteiger partial charge on any atom is 0.225 e. The summed E-state index contributed by atoms with van der Waals surface area (Å²) in [5.41, 5.74) is 0.226. The number of hydrogen-bond acceptors (Lipinski definition) is 3. The summed E-state index contributed by atoms with van der Waals surface area (Å²) in [7, 11) is 0. The van der Waals surface area contributed by atoms with Crippen LogP contribution in [0.1, 0.15) is 31.9 Å². The van der Waals surface area contributed by atoms with E-state index in [1.165, 1.54) is 25.3 Å². The minimum absolute atomic E-state index is 0.119. The molecule has 1 aromatic carbocycles. The fraction of sp³-hybridized carbons (Fsp3) is 0.333. The zero-order chi connectivity index (χ0) is 17.9. The van der Waals surface area contributed by atoms with Gasteiger partial charge in [-0.1, -0.05) is 32.9 Å². The molecular formula is C18H20F2N2O2. The summed E-state index contributed by atoms with van der Waals surface area (Å²) < 4.78 is 33.0. The van der Waals surface area contributed by atoms with Crippen molar-refractivity contribution in [2.75, 3.05) is 0 Å². The summed E-state index contributed by atoms with van der Waals surface area (Å²) in [6.07, 6.45) is 1.48. The number of aromatic nitrogens is 1. The Balaban J connectivity index is 2.21. The Morgan fingerprint density at radius 2 is 1.92 bits per heavy atom. The highest BCUT2D eigenvalue weighted by Gasteiger charge is 2.21. The molecule has 0 aliphatic carbocycles. The van der Waals surface area contributed by atoms with Gasteiger partial charge in [-0.15, -0.1) is 0 Å². The molecule has 0 fully saturated rings. The van der Waals surface area contributed by atoms with Crippen molar-refractivity contribution >= 4 is 5.91 Å². The first kappa shape index (κ1) is 17.8. The molecule has 0 saturated heterocycles. The first-order valence-corrected chi connectivity index (χ1v) is 7.55. The van der Waals surface area contributed by atoms with Gasteiger partial charge in [0.05, 0.1) is 0 Å². The van der Waals surface area contributed by atoms with Crippen LogP contribution in [0.2, 0.25) is 0 Å². The van der Waals surface area contributed by atoms with Gasteiger partial charge in [0.2, 0.25) is 17.6 Å². The van der Waals surface area contributed by atoms with Gasteiger partial charge in [-0.3, -0.25) is 4.79 Å². The second-order valence-corrected chi connectivity index (χ2v) is 6.51. The zero-order valence-corrected chi connectivity index (χ0v) is 14.1. The number of benzene rings is 1. The average Bonchev–Trinajstić information content (AvgIpc) is 2.53. The molecule has 128 valence electrons. The quantitative estimate of drug-likeness (QED) is 0.915. The molecule has 24 heavy (non-hydrogen) atoms. The largest absolute Gasteiger partial charge is 0.435 e. The number of ether oxygens (including phenoxy) is 1. The Kier molecular flexibility index (Phi) is 5.17. The molecule has 6 heteroatoms. The zero-order valence-electron chi connectivity index (χ0n) is 14.1. The molecule has 1 amide bonds. The van der Waals surface area contributed by atoms with Crippen molar-refractivity contribution in [2.45, 2.75) is 34.2 Å². The molecule has 0 saturated carbocycles. The summed E-state index contributed by atoms with van der Waals surface area (Å²) in [4.78, 5) is 16.0. The molecule has 0 spiro atoms. The van der Waals surface area contributed by atoms with Crippen LogP contribution >= 0.6 is 0 Å². The highest BCUT2D eigenvalue weighted by Crippen LogP contribution is 2.28. The molecule has 0 radical (unpaired) electrons. The molecule has 1 heterocycles. The molecule has 0 atom stereocenters. The van der Waals surface area contributed by atoms with E-state index < -0.39 is 17.0 Å². The van der Waals surface area contributed by atoms with Crippen LogP contribution in [0.5, 0.6) is 11.6 Å². The van der Waals surface area contributed by atoms with Crippen LogP contribution in [0.25, 0.3) is 0 Å². The standard InChI is InChI=1S/C18H20F2N2O2/c1-11-7-8-13(15(20)14(11)19)24-16-12(6-5-9-21-16)10-22-17(23)18(2,3)4/h5-9H,10H2,1-4H3,(H,22,23). The van der Waals surface area contributed by atoms with Crippen molar-refractivity contribution in [3.63, 3.8) is 0 Å². The molecule has 2 aromatic rings. The second-order valence-electron chi connectivity index (χ2n) is 6.51. The van der Waals surface area contributed by atoms with Crippen molar-refractivity contribution in [1.82, 2.24) is 10.3 Å². The number of nitrogens with one attached hydrogen (secondary N) is 1. The number of hydrogen-bond donors (Lipinski definition) is 1. The average molecular weight is 334 g/mol. The molecule has 1 aromatic heterocycles. The van der Waals surface area contributed by atoms with E-state index in [0.717, 1.165) is 0 Å². The van der Waals surface area contributed by atoms with Crippen molar-refractivity contribution in [3.05, 3.63) is 53.2 Å². The number of pyridine rings is 1. The number of aryl methyl sites for hydroxylation is 1. The van der Waals surface area contributed by atoms with Gasteiger partial charge in [-0.2, -0.15) is 4.39 Å². The fourth-order valence-electron chi connectivity index (χ4n) is 1.90. The lowest BCUT2D eigenvalue weighted by atomic mass is 9.95. The fourth-order valence-corrected chi connectivity index (χ4v) is 1.90. The molecule has 0 bridgehead atoms. The van der Waals surface area contributed by atoms with E-state index >= 15 is 0 Å². The third kappa shape index (κ3) is 4.07. The van der Waals surface area contributed by atoms with Gasteiger partial charge in [0, 0.05) is 23.7 Å². The van der Waals surface area contributed by atoms with Crippen LogP contribution in [0.4, 0.5) is 8.78 Å². The van der Waals surface area contributed by atoms with E-state index in [4.69, 9.17) is 4.74 Å². The number of halogens is 2. The van der Waals surface area contributed by atoms with Gasteiger partial charge in [0.15, 0.2) is 11.6 Å². The Hall–Kier alpha value is -2.50. The maximum absolute atomic E-state index is 14.0. The first-order valence-electron chi connectivity index (χ1n) is 7.55. The van der Waals surface area contributed by atoms with Gasteiger partial charge in [-0.05, 0) is 24.6 Å².